The van der Waals surface area contributed by atoms with Crippen LogP contribution in [-0.2, 0) is 9.53 Å². The molecule has 0 unspecified atom stereocenters. The Morgan fingerprint density at radius 1 is 1.34 bits per heavy atom. The standard InChI is InChI=1S/C21H31N3O2S3/c1-20(2,3)26-17(25)12-28-19(27)24-13-21(4,5)14-29-18(24)22-15-10-8-9-11-16(15)23(6)7/h8-11H,12-14H2,1-7H3. The second kappa shape index (κ2) is 9.71. The molecule has 0 N–H and O–H groups in total. The lowest BCUT2D eigenvalue weighted by atomic mass is 9.96. The Labute approximate surface area is 188 Å². The predicted molar refractivity (Wildman–Crippen MR) is 132 cm³/mol. The van der Waals surface area contributed by atoms with Gasteiger partial charge in [0.1, 0.15) is 9.92 Å². The first kappa shape index (κ1) is 24.0. The molecule has 1 heterocycles. The smallest absolute Gasteiger partial charge is 0.316 e. The lowest BCUT2D eigenvalue weighted by Gasteiger charge is -2.39. The zero-order valence-corrected chi connectivity index (χ0v) is 20.8. The summed E-state index contributed by atoms with van der Waals surface area (Å²) in [5.74, 6) is 0.899. The molecular weight excluding hydrogens is 422 g/mol. The van der Waals surface area contributed by atoms with Gasteiger partial charge in [-0.1, -0.05) is 61.7 Å². The van der Waals surface area contributed by atoms with Crippen LogP contribution in [0.3, 0.4) is 0 Å². The van der Waals surface area contributed by atoms with Crippen molar-refractivity contribution in [1.82, 2.24) is 4.90 Å². The van der Waals surface area contributed by atoms with Crippen molar-refractivity contribution in [1.29, 1.82) is 0 Å². The van der Waals surface area contributed by atoms with E-state index in [-0.39, 0.29) is 17.1 Å². The van der Waals surface area contributed by atoms with Crippen LogP contribution in [0.15, 0.2) is 29.3 Å². The van der Waals surface area contributed by atoms with Gasteiger partial charge in [-0.15, -0.1) is 0 Å². The number of carbonyl (C=O) groups is 1. The quantitative estimate of drug-likeness (QED) is 0.460. The number of amidine groups is 1. The van der Waals surface area contributed by atoms with Crippen molar-refractivity contribution < 1.29 is 9.53 Å². The fourth-order valence-corrected chi connectivity index (χ4v) is 4.86. The first-order chi connectivity index (χ1) is 13.4. The fourth-order valence-electron chi connectivity index (χ4n) is 2.72. The minimum Gasteiger partial charge on any atom is -0.459 e. The number of thiocarbonyl (C=S) groups is 1. The number of rotatable bonds is 4. The SMILES string of the molecule is CN(C)c1ccccc1N=C1SCC(C)(C)CN1C(=S)SCC(=O)OC(C)(C)C. The van der Waals surface area contributed by atoms with Gasteiger partial charge in [0, 0.05) is 26.4 Å². The van der Waals surface area contributed by atoms with Gasteiger partial charge in [-0.3, -0.25) is 4.79 Å². The molecule has 160 valence electrons. The van der Waals surface area contributed by atoms with Gasteiger partial charge in [0.2, 0.25) is 0 Å². The summed E-state index contributed by atoms with van der Waals surface area (Å²) in [4.78, 5) is 21.2. The Kier molecular flexibility index (Phi) is 8.04. The number of ether oxygens (including phenoxy) is 1. The highest BCUT2D eigenvalue weighted by molar-refractivity contribution is 8.23. The van der Waals surface area contributed by atoms with Gasteiger partial charge in [-0.05, 0) is 38.3 Å². The molecule has 2 rings (SSSR count). The molecule has 0 spiro atoms. The number of para-hydroxylation sites is 2. The van der Waals surface area contributed by atoms with Crippen molar-refractivity contribution in [3.05, 3.63) is 24.3 Å². The molecule has 0 aliphatic carbocycles. The molecule has 1 aliphatic rings. The molecule has 0 atom stereocenters. The number of benzene rings is 1. The van der Waals surface area contributed by atoms with Gasteiger partial charge < -0.3 is 14.5 Å². The lowest BCUT2D eigenvalue weighted by Crippen LogP contribution is -2.45. The van der Waals surface area contributed by atoms with Crippen molar-refractivity contribution in [2.24, 2.45) is 10.4 Å². The first-order valence-corrected chi connectivity index (χ1v) is 11.9. The van der Waals surface area contributed by atoms with Crippen molar-refractivity contribution in [2.75, 3.05) is 37.0 Å². The summed E-state index contributed by atoms with van der Waals surface area (Å²) in [6.45, 7) is 10.8. The van der Waals surface area contributed by atoms with Gasteiger partial charge in [0.15, 0.2) is 5.17 Å². The molecule has 1 aromatic rings. The van der Waals surface area contributed by atoms with Gasteiger partial charge in [-0.2, -0.15) is 0 Å². The number of anilines is 1. The maximum atomic E-state index is 12.1. The molecule has 1 aromatic carbocycles. The van der Waals surface area contributed by atoms with Crippen LogP contribution in [0.25, 0.3) is 0 Å². The van der Waals surface area contributed by atoms with E-state index in [4.69, 9.17) is 21.9 Å². The summed E-state index contributed by atoms with van der Waals surface area (Å²) >= 11 is 8.73. The van der Waals surface area contributed by atoms with E-state index in [1.54, 1.807) is 11.8 Å². The highest BCUT2D eigenvalue weighted by Gasteiger charge is 2.33. The minimum atomic E-state index is -0.495. The second-order valence-corrected chi connectivity index (χ2v) is 11.5. The largest absolute Gasteiger partial charge is 0.459 e. The zero-order chi connectivity index (χ0) is 21.8. The van der Waals surface area contributed by atoms with E-state index >= 15 is 0 Å². The molecule has 1 saturated heterocycles. The number of carbonyl (C=O) groups excluding carboxylic acids is 1. The van der Waals surface area contributed by atoms with E-state index < -0.39 is 5.60 Å². The second-order valence-electron chi connectivity index (χ2n) is 8.96. The molecule has 0 saturated carbocycles. The van der Waals surface area contributed by atoms with Crippen LogP contribution in [0.5, 0.6) is 0 Å². The third-order valence-corrected chi connectivity index (χ3v) is 6.86. The first-order valence-electron chi connectivity index (χ1n) is 9.52. The topological polar surface area (TPSA) is 45.1 Å². The Morgan fingerprint density at radius 3 is 2.62 bits per heavy atom. The van der Waals surface area contributed by atoms with E-state index in [0.29, 0.717) is 4.32 Å². The Bertz CT molecular complexity index is 786. The number of esters is 1. The average Bonchev–Trinajstić information content (AvgIpc) is 2.59. The highest BCUT2D eigenvalue weighted by Crippen LogP contribution is 2.36. The van der Waals surface area contributed by atoms with Crippen LogP contribution < -0.4 is 4.90 Å². The van der Waals surface area contributed by atoms with Gasteiger partial charge >= 0.3 is 5.97 Å². The summed E-state index contributed by atoms with van der Waals surface area (Å²) in [5, 5.41) is 0.875. The van der Waals surface area contributed by atoms with E-state index in [9.17, 15) is 4.79 Å². The minimum absolute atomic E-state index is 0.0985. The summed E-state index contributed by atoms with van der Waals surface area (Å²) in [5.41, 5.74) is 1.56. The van der Waals surface area contributed by atoms with Crippen molar-refractivity contribution >= 4 is 62.6 Å². The monoisotopic (exact) mass is 453 g/mol. The molecule has 0 radical (unpaired) electrons. The molecule has 29 heavy (non-hydrogen) atoms. The van der Waals surface area contributed by atoms with Crippen molar-refractivity contribution in [3.8, 4) is 0 Å². The van der Waals surface area contributed by atoms with Crippen molar-refractivity contribution in [3.63, 3.8) is 0 Å². The molecular formula is C21H31N3O2S3. The molecule has 0 aromatic heterocycles. The number of thioether (sulfide) groups is 2. The summed E-state index contributed by atoms with van der Waals surface area (Å²) in [6, 6.07) is 8.06. The zero-order valence-electron chi connectivity index (χ0n) is 18.3. The third kappa shape index (κ3) is 7.50. The number of hydrogen-bond acceptors (Lipinski definition) is 7. The summed E-state index contributed by atoms with van der Waals surface area (Å²) < 4.78 is 6.05. The number of nitrogens with zero attached hydrogens (tertiary/aromatic N) is 3. The normalized spacial score (nSPS) is 17.9. The van der Waals surface area contributed by atoms with Crippen LogP contribution in [0, 0.1) is 5.41 Å². The van der Waals surface area contributed by atoms with E-state index in [1.807, 2.05) is 53.1 Å². The highest BCUT2D eigenvalue weighted by atomic mass is 32.2. The summed E-state index contributed by atoms with van der Waals surface area (Å²) in [6.07, 6.45) is 0. The Morgan fingerprint density at radius 2 is 2.00 bits per heavy atom. The van der Waals surface area contributed by atoms with Crippen LogP contribution in [0.1, 0.15) is 34.6 Å². The third-order valence-electron chi connectivity index (χ3n) is 3.94. The maximum absolute atomic E-state index is 12.1. The molecule has 8 heteroatoms. The molecule has 1 aliphatic heterocycles. The van der Waals surface area contributed by atoms with Gasteiger partial charge in [0.05, 0.1) is 17.1 Å². The van der Waals surface area contributed by atoms with E-state index in [1.165, 1.54) is 11.8 Å². The molecule has 1 fully saturated rings. The van der Waals surface area contributed by atoms with Gasteiger partial charge in [0.25, 0.3) is 0 Å². The Balaban J connectivity index is 2.21. The maximum Gasteiger partial charge on any atom is 0.316 e. The van der Waals surface area contributed by atoms with Crippen LogP contribution >= 0.6 is 35.7 Å². The molecule has 0 bridgehead atoms. The number of aliphatic imine (C=N–C) groups is 1. The van der Waals surface area contributed by atoms with E-state index in [2.05, 4.69) is 29.7 Å². The summed E-state index contributed by atoms with van der Waals surface area (Å²) in [7, 11) is 4.02. The number of hydrogen-bond donors (Lipinski definition) is 0. The molecule has 0 amide bonds. The Hall–Kier alpha value is -1.25. The van der Waals surface area contributed by atoms with E-state index in [0.717, 1.165) is 28.8 Å². The van der Waals surface area contributed by atoms with Crippen molar-refractivity contribution in [2.45, 2.75) is 40.2 Å². The lowest BCUT2D eigenvalue weighted by molar-refractivity contribution is -0.151. The molecule has 5 nitrogen and oxygen atoms in total. The fraction of sp³-hybridized carbons (Fsp3) is 0.571. The predicted octanol–water partition coefficient (Wildman–Crippen LogP) is 5.17. The van der Waals surface area contributed by atoms with Crippen LogP contribution in [0.2, 0.25) is 0 Å². The van der Waals surface area contributed by atoms with Gasteiger partial charge in [-0.25, -0.2) is 4.99 Å². The average molecular weight is 454 g/mol. The van der Waals surface area contributed by atoms with Crippen LogP contribution in [0.4, 0.5) is 11.4 Å². The van der Waals surface area contributed by atoms with Crippen LogP contribution in [-0.4, -0.2) is 58.1 Å².